The summed E-state index contributed by atoms with van der Waals surface area (Å²) in [7, 11) is 0. The van der Waals surface area contributed by atoms with E-state index in [1.54, 1.807) is 0 Å². The fraction of sp³-hybridized carbons (Fsp3) is 0.188. The van der Waals surface area contributed by atoms with E-state index in [9.17, 15) is 0 Å². The van der Waals surface area contributed by atoms with Crippen molar-refractivity contribution in [3.8, 4) is 0 Å². The smallest absolute Gasteiger partial charge is 0.223 e. The number of aliphatic imine (C=N–C) groups is 1. The summed E-state index contributed by atoms with van der Waals surface area (Å²) in [5.41, 5.74) is 2.03. The lowest BCUT2D eigenvalue weighted by Gasteiger charge is -2.17. The summed E-state index contributed by atoms with van der Waals surface area (Å²) >= 11 is 3.50. The van der Waals surface area contributed by atoms with Gasteiger partial charge in [-0.3, -0.25) is 4.84 Å². The predicted octanol–water partition coefficient (Wildman–Crippen LogP) is 3.90. The molecule has 0 unspecified atom stereocenters. The molecule has 0 aliphatic carbocycles. The van der Waals surface area contributed by atoms with Gasteiger partial charge in [0.1, 0.15) is 6.61 Å². The average molecular weight is 383 g/mol. The Morgan fingerprint density at radius 1 is 1.09 bits per heavy atom. The van der Waals surface area contributed by atoms with Gasteiger partial charge < -0.3 is 5.32 Å². The summed E-state index contributed by atoms with van der Waals surface area (Å²) in [6.45, 7) is 2.16. The van der Waals surface area contributed by atoms with Gasteiger partial charge in [-0.15, -0.1) is 12.4 Å². The van der Waals surface area contributed by atoms with Crippen LogP contribution in [0.3, 0.4) is 0 Å². The maximum atomic E-state index is 5.84. The number of benzene rings is 2. The van der Waals surface area contributed by atoms with Gasteiger partial charge in [-0.1, -0.05) is 42.5 Å². The fourth-order valence-corrected chi connectivity index (χ4v) is 2.44. The van der Waals surface area contributed by atoms with Gasteiger partial charge >= 0.3 is 0 Å². The van der Waals surface area contributed by atoms with Gasteiger partial charge in [0.05, 0.1) is 12.2 Å². The molecular weight excluding hydrogens is 366 g/mol. The molecule has 0 aromatic heterocycles. The minimum Gasteiger partial charge on any atom is -0.352 e. The normalized spacial score (nSPS) is 15.5. The Hall–Kier alpha value is -1.56. The number of hydroxylamine groups is 2. The molecule has 0 bridgehead atoms. The largest absolute Gasteiger partial charge is 0.352 e. The lowest BCUT2D eigenvalue weighted by molar-refractivity contribution is -0.102. The maximum Gasteiger partial charge on any atom is 0.223 e. The highest BCUT2D eigenvalue weighted by atomic mass is 79.9. The highest BCUT2D eigenvalue weighted by molar-refractivity contribution is 9.10. The van der Waals surface area contributed by atoms with Gasteiger partial charge in [0.2, 0.25) is 5.96 Å². The molecule has 1 aliphatic heterocycles. The van der Waals surface area contributed by atoms with E-state index in [1.807, 2.05) is 59.7 Å². The molecule has 1 saturated heterocycles. The minimum atomic E-state index is 0. The first-order chi connectivity index (χ1) is 10.3. The Morgan fingerprint density at radius 2 is 1.82 bits per heavy atom. The van der Waals surface area contributed by atoms with Crippen LogP contribution in [-0.4, -0.2) is 24.1 Å². The molecule has 22 heavy (non-hydrogen) atoms. The zero-order valence-electron chi connectivity index (χ0n) is 11.9. The standard InChI is InChI=1S/C16H16BrN3O.ClH/c17-14-8-4-5-9-15(14)19-16-18-10-11-20(16)21-12-13-6-2-1-3-7-13;/h1-9H,10-12H2,(H,18,19);1H. The average Bonchev–Trinajstić information content (AvgIpc) is 2.96. The second kappa shape index (κ2) is 8.17. The molecule has 1 fully saturated rings. The Labute approximate surface area is 144 Å². The van der Waals surface area contributed by atoms with Crippen LogP contribution < -0.4 is 5.32 Å². The molecule has 1 heterocycles. The second-order valence-corrected chi connectivity index (χ2v) is 5.53. The summed E-state index contributed by atoms with van der Waals surface area (Å²) in [6.07, 6.45) is 0. The zero-order valence-corrected chi connectivity index (χ0v) is 14.3. The van der Waals surface area contributed by atoms with Crippen LogP contribution in [0.4, 0.5) is 5.69 Å². The SMILES string of the molecule is Brc1ccccc1/N=C1\NCCN1OCc1ccccc1.Cl. The highest BCUT2D eigenvalue weighted by Crippen LogP contribution is 2.25. The van der Waals surface area contributed by atoms with E-state index in [4.69, 9.17) is 4.84 Å². The van der Waals surface area contributed by atoms with E-state index in [1.165, 1.54) is 0 Å². The highest BCUT2D eigenvalue weighted by Gasteiger charge is 2.19. The van der Waals surface area contributed by atoms with Gasteiger partial charge in [-0.25, -0.2) is 10.1 Å². The van der Waals surface area contributed by atoms with Gasteiger partial charge in [-0.2, -0.15) is 0 Å². The van der Waals surface area contributed by atoms with Crippen LogP contribution >= 0.6 is 28.3 Å². The number of halogens is 2. The summed E-state index contributed by atoms with van der Waals surface area (Å²) in [5, 5.41) is 5.06. The number of nitrogens with zero attached hydrogens (tertiary/aromatic N) is 2. The summed E-state index contributed by atoms with van der Waals surface area (Å²) < 4.78 is 0.967. The van der Waals surface area contributed by atoms with Crippen LogP contribution in [0.15, 0.2) is 64.1 Å². The third-order valence-corrected chi connectivity index (χ3v) is 3.81. The Morgan fingerprint density at radius 3 is 2.59 bits per heavy atom. The Balaban J connectivity index is 0.00000176. The van der Waals surface area contributed by atoms with E-state index >= 15 is 0 Å². The quantitative estimate of drug-likeness (QED) is 0.871. The molecule has 0 radical (unpaired) electrons. The van der Waals surface area contributed by atoms with Crippen LogP contribution in [0.25, 0.3) is 0 Å². The van der Waals surface area contributed by atoms with Crippen molar-refractivity contribution in [3.63, 3.8) is 0 Å². The van der Waals surface area contributed by atoms with Crippen molar-refractivity contribution >= 4 is 40.0 Å². The van der Waals surface area contributed by atoms with Crippen molar-refractivity contribution in [2.45, 2.75) is 6.61 Å². The molecule has 0 amide bonds. The molecule has 2 aromatic carbocycles. The molecule has 1 aliphatic rings. The molecular formula is C16H17BrClN3O. The summed E-state index contributed by atoms with van der Waals surface area (Å²) in [6, 6.07) is 18.0. The van der Waals surface area contributed by atoms with Gasteiger partial charge in [0.15, 0.2) is 0 Å². The molecule has 2 aromatic rings. The first-order valence-corrected chi connectivity index (χ1v) is 7.64. The van der Waals surface area contributed by atoms with Crippen LogP contribution in [0.2, 0.25) is 0 Å². The molecule has 3 rings (SSSR count). The van der Waals surface area contributed by atoms with Gasteiger partial charge in [-0.05, 0) is 33.6 Å². The first-order valence-electron chi connectivity index (χ1n) is 6.84. The van der Waals surface area contributed by atoms with Crippen molar-refractivity contribution in [3.05, 3.63) is 64.6 Å². The van der Waals surface area contributed by atoms with Crippen molar-refractivity contribution in [2.24, 2.45) is 4.99 Å². The summed E-state index contributed by atoms with van der Waals surface area (Å²) in [4.78, 5) is 10.4. The number of guanidine groups is 1. The van der Waals surface area contributed by atoms with Crippen LogP contribution in [0.1, 0.15) is 5.56 Å². The van der Waals surface area contributed by atoms with Gasteiger partial charge in [0, 0.05) is 11.0 Å². The predicted molar refractivity (Wildman–Crippen MR) is 94.4 cm³/mol. The van der Waals surface area contributed by atoms with Crippen molar-refractivity contribution in [2.75, 3.05) is 13.1 Å². The number of rotatable bonds is 4. The molecule has 6 heteroatoms. The molecule has 1 N–H and O–H groups in total. The van der Waals surface area contributed by atoms with E-state index in [2.05, 4.69) is 26.2 Å². The number of hydrogen-bond donors (Lipinski definition) is 1. The van der Waals surface area contributed by atoms with E-state index in [0.717, 1.165) is 34.8 Å². The van der Waals surface area contributed by atoms with Crippen LogP contribution in [-0.2, 0) is 11.4 Å². The first kappa shape index (κ1) is 16.8. The van der Waals surface area contributed by atoms with Crippen molar-refractivity contribution in [1.29, 1.82) is 0 Å². The van der Waals surface area contributed by atoms with Crippen LogP contribution in [0.5, 0.6) is 0 Å². The van der Waals surface area contributed by atoms with Crippen molar-refractivity contribution in [1.82, 2.24) is 10.4 Å². The van der Waals surface area contributed by atoms with Gasteiger partial charge in [0.25, 0.3) is 0 Å². The van der Waals surface area contributed by atoms with Crippen LogP contribution in [0, 0.1) is 0 Å². The third kappa shape index (κ3) is 4.22. The van der Waals surface area contributed by atoms with E-state index in [0.29, 0.717) is 6.61 Å². The topological polar surface area (TPSA) is 36.9 Å². The number of nitrogens with one attached hydrogen (secondary N) is 1. The molecule has 0 spiro atoms. The number of para-hydroxylation sites is 1. The minimum absolute atomic E-state index is 0. The molecule has 0 atom stereocenters. The molecule has 0 saturated carbocycles. The summed E-state index contributed by atoms with van der Waals surface area (Å²) in [5.74, 6) is 0.748. The van der Waals surface area contributed by atoms with Crippen molar-refractivity contribution < 1.29 is 4.84 Å². The molecule has 4 nitrogen and oxygen atoms in total. The zero-order chi connectivity index (χ0) is 14.5. The third-order valence-electron chi connectivity index (χ3n) is 3.14. The fourth-order valence-electron chi connectivity index (χ4n) is 2.07. The lowest BCUT2D eigenvalue weighted by Crippen LogP contribution is -2.30. The molecule has 116 valence electrons. The van der Waals surface area contributed by atoms with E-state index < -0.39 is 0 Å². The van der Waals surface area contributed by atoms with E-state index in [-0.39, 0.29) is 12.4 Å². The number of hydrogen-bond acceptors (Lipinski definition) is 2. The Bertz CT molecular complexity index is 636. The maximum absolute atomic E-state index is 5.84. The Kier molecular flexibility index (Phi) is 6.24. The monoisotopic (exact) mass is 381 g/mol. The lowest BCUT2D eigenvalue weighted by atomic mass is 10.2. The second-order valence-electron chi connectivity index (χ2n) is 4.67.